The van der Waals surface area contributed by atoms with Gasteiger partial charge in [-0.25, -0.2) is 0 Å². The van der Waals surface area contributed by atoms with Crippen LogP contribution in [0.1, 0.15) is 18.4 Å². The van der Waals surface area contributed by atoms with E-state index in [1.54, 1.807) is 24.3 Å². The third-order valence-corrected chi connectivity index (χ3v) is 4.05. The third kappa shape index (κ3) is 5.25. The molecule has 0 unspecified atom stereocenters. The molecule has 1 aromatic carbocycles. The number of esters is 1. The first kappa shape index (κ1) is 17.3. The Balaban J connectivity index is 1.78. The molecule has 1 heterocycles. The Morgan fingerprint density at radius 3 is 2.61 bits per heavy atom. The molecule has 1 aromatic rings. The molecule has 0 aromatic heterocycles. The monoisotopic (exact) mass is 338 g/mol. The van der Waals surface area contributed by atoms with E-state index in [4.69, 9.17) is 22.1 Å². The standard InChI is InChI=1S/C16H19ClN2O4/c17-13-5-3-11(4-6-13)8-15(21)23-10-14(20)19-7-1-2-12(9-19)16(18)22/h3-6,12H,1-2,7-10H2,(H2,18,22)/t12-/m0/s1. The molecule has 23 heavy (non-hydrogen) atoms. The number of amides is 2. The van der Waals surface area contributed by atoms with E-state index < -0.39 is 11.9 Å². The first-order valence-corrected chi connectivity index (χ1v) is 7.80. The second kappa shape index (κ2) is 7.97. The molecule has 2 rings (SSSR count). The highest BCUT2D eigenvalue weighted by atomic mass is 35.5. The first-order chi connectivity index (χ1) is 11.0. The topological polar surface area (TPSA) is 89.7 Å². The summed E-state index contributed by atoms with van der Waals surface area (Å²) in [4.78, 5) is 36.5. The number of nitrogens with zero attached hydrogens (tertiary/aromatic N) is 1. The fraction of sp³-hybridized carbons (Fsp3) is 0.438. The zero-order valence-electron chi connectivity index (χ0n) is 12.7. The molecule has 0 bridgehead atoms. The van der Waals surface area contributed by atoms with Crippen molar-refractivity contribution in [2.24, 2.45) is 11.7 Å². The predicted octanol–water partition coefficient (Wildman–Crippen LogP) is 1.15. The molecule has 0 aliphatic carbocycles. The minimum absolute atomic E-state index is 0.0777. The van der Waals surface area contributed by atoms with Gasteiger partial charge in [-0.3, -0.25) is 14.4 Å². The number of likely N-dealkylation sites (tertiary alicyclic amines) is 1. The Bertz CT molecular complexity index is 588. The van der Waals surface area contributed by atoms with Gasteiger partial charge in [-0.2, -0.15) is 0 Å². The van der Waals surface area contributed by atoms with Crippen LogP contribution in [0.2, 0.25) is 5.02 Å². The summed E-state index contributed by atoms with van der Waals surface area (Å²) >= 11 is 5.77. The molecular weight excluding hydrogens is 320 g/mol. The highest BCUT2D eigenvalue weighted by Gasteiger charge is 2.27. The van der Waals surface area contributed by atoms with Gasteiger partial charge in [0.2, 0.25) is 5.91 Å². The molecule has 1 atom stereocenters. The molecule has 0 radical (unpaired) electrons. The van der Waals surface area contributed by atoms with E-state index >= 15 is 0 Å². The molecule has 2 amide bonds. The van der Waals surface area contributed by atoms with Crippen LogP contribution in [0, 0.1) is 5.92 Å². The van der Waals surface area contributed by atoms with E-state index in [0.717, 1.165) is 12.0 Å². The van der Waals surface area contributed by atoms with Gasteiger partial charge in [-0.1, -0.05) is 23.7 Å². The van der Waals surface area contributed by atoms with Crippen LogP contribution >= 0.6 is 11.6 Å². The van der Waals surface area contributed by atoms with E-state index in [-0.39, 0.29) is 24.9 Å². The number of rotatable bonds is 5. The summed E-state index contributed by atoms with van der Waals surface area (Å²) in [6.07, 6.45) is 1.49. The fourth-order valence-electron chi connectivity index (χ4n) is 2.49. The number of halogens is 1. The van der Waals surface area contributed by atoms with Crippen molar-refractivity contribution < 1.29 is 19.1 Å². The fourth-order valence-corrected chi connectivity index (χ4v) is 2.62. The first-order valence-electron chi connectivity index (χ1n) is 7.43. The van der Waals surface area contributed by atoms with Gasteiger partial charge in [0.05, 0.1) is 12.3 Å². The van der Waals surface area contributed by atoms with Crippen LogP contribution in [-0.4, -0.2) is 42.4 Å². The highest BCUT2D eigenvalue weighted by Crippen LogP contribution is 2.16. The van der Waals surface area contributed by atoms with Crippen LogP contribution in [0.5, 0.6) is 0 Å². The van der Waals surface area contributed by atoms with Crippen LogP contribution in [0.15, 0.2) is 24.3 Å². The summed E-state index contributed by atoms with van der Waals surface area (Å²) in [6, 6.07) is 6.83. The van der Waals surface area contributed by atoms with Gasteiger partial charge in [0.25, 0.3) is 5.91 Å². The summed E-state index contributed by atoms with van der Waals surface area (Å²) in [5.41, 5.74) is 6.04. The van der Waals surface area contributed by atoms with Crippen LogP contribution in [0.3, 0.4) is 0 Å². The van der Waals surface area contributed by atoms with Gasteiger partial charge in [0.15, 0.2) is 6.61 Å². The molecule has 124 valence electrons. The van der Waals surface area contributed by atoms with Crippen molar-refractivity contribution in [2.75, 3.05) is 19.7 Å². The lowest BCUT2D eigenvalue weighted by atomic mass is 9.97. The van der Waals surface area contributed by atoms with E-state index in [1.165, 1.54) is 4.90 Å². The Morgan fingerprint density at radius 2 is 1.96 bits per heavy atom. The van der Waals surface area contributed by atoms with Crippen molar-refractivity contribution in [3.05, 3.63) is 34.9 Å². The van der Waals surface area contributed by atoms with E-state index in [1.807, 2.05) is 0 Å². The molecule has 2 N–H and O–H groups in total. The van der Waals surface area contributed by atoms with Gasteiger partial charge in [-0.15, -0.1) is 0 Å². The SMILES string of the molecule is NC(=O)[C@H]1CCCN(C(=O)COC(=O)Cc2ccc(Cl)cc2)C1. The van der Waals surface area contributed by atoms with E-state index in [9.17, 15) is 14.4 Å². The van der Waals surface area contributed by atoms with Crippen molar-refractivity contribution in [1.29, 1.82) is 0 Å². The average molecular weight is 339 g/mol. The molecule has 0 spiro atoms. The minimum atomic E-state index is -0.482. The van der Waals surface area contributed by atoms with Gasteiger partial charge < -0.3 is 15.4 Å². The van der Waals surface area contributed by atoms with Crippen molar-refractivity contribution in [3.63, 3.8) is 0 Å². The zero-order chi connectivity index (χ0) is 16.8. The van der Waals surface area contributed by atoms with Crippen LogP contribution in [0.4, 0.5) is 0 Å². The maximum Gasteiger partial charge on any atom is 0.310 e. The molecular formula is C16H19ClN2O4. The second-order valence-corrected chi connectivity index (χ2v) is 5.98. The van der Waals surface area contributed by atoms with Crippen LogP contribution in [-0.2, 0) is 25.5 Å². The van der Waals surface area contributed by atoms with Gasteiger partial charge in [0.1, 0.15) is 0 Å². The lowest BCUT2D eigenvalue weighted by Gasteiger charge is -2.31. The third-order valence-electron chi connectivity index (χ3n) is 3.79. The number of primary amides is 1. The van der Waals surface area contributed by atoms with E-state index in [2.05, 4.69) is 0 Å². The number of hydrogen-bond donors (Lipinski definition) is 1. The number of benzene rings is 1. The number of ether oxygens (including phenoxy) is 1. The number of hydrogen-bond acceptors (Lipinski definition) is 4. The van der Waals surface area contributed by atoms with Crippen LogP contribution in [0.25, 0.3) is 0 Å². The summed E-state index contributed by atoms with van der Waals surface area (Å²) in [6.45, 7) is 0.526. The van der Waals surface area contributed by atoms with Crippen molar-refractivity contribution in [2.45, 2.75) is 19.3 Å². The molecule has 1 fully saturated rings. The highest BCUT2D eigenvalue weighted by molar-refractivity contribution is 6.30. The average Bonchev–Trinajstić information content (AvgIpc) is 2.55. The normalized spacial score (nSPS) is 17.6. The smallest absolute Gasteiger partial charge is 0.310 e. The number of nitrogens with two attached hydrogens (primary N) is 1. The summed E-state index contributed by atoms with van der Waals surface area (Å²) in [7, 11) is 0. The minimum Gasteiger partial charge on any atom is -0.455 e. The van der Waals surface area contributed by atoms with Crippen LogP contribution < -0.4 is 5.73 Å². The quantitative estimate of drug-likeness (QED) is 0.815. The molecule has 6 nitrogen and oxygen atoms in total. The van der Waals surface area contributed by atoms with Crippen molar-refractivity contribution in [1.82, 2.24) is 4.90 Å². The van der Waals surface area contributed by atoms with Gasteiger partial charge in [0, 0.05) is 18.1 Å². The molecule has 1 aliphatic rings. The number of carbonyl (C=O) groups excluding carboxylic acids is 3. The van der Waals surface area contributed by atoms with E-state index in [0.29, 0.717) is 24.5 Å². The maximum absolute atomic E-state index is 12.0. The largest absolute Gasteiger partial charge is 0.455 e. The Kier molecular flexibility index (Phi) is 5.98. The molecule has 1 aliphatic heterocycles. The second-order valence-electron chi connectivity index (χ2n) is 5.55. The Morgan fingerprint density at radius 1 is 1.26 bits per heavy atom. The molecule has 0 saturated carbocycles. The van der Waals surface area contributed by atoms with Crippen molar-refractivity contribution in [3.8, 4) is 0 Å². The zero-order valence-corrected chi connectivity index (χ0v) is 13.4. The lowest BCUT2D eigenvalue weighted by Crippen LogP contribution is -2.45. The predicted molar refractivity (Wildman–Crippen MR) is 84.6 cm³/mol. The van der Waals surface area contributed by atoms with Gasteiger partial charge in [-0.05, 0) is 30.5 Å². The number of carbonyl (C=O) groups is 3. The maximum atomic E-state index is 12.0. The lowest BCUT2D eigenvalue weighted by molar-refractivity contribution is -0.152. The Hall–Kier alpha value is -2.08. The summed E-state index contributed by atoms with van der Waals surface area (Å²) in [5.74, 6) is -1.51. The van der Waals surface area contributed by atoms with Gasteiger partial charge >= 0.3 is 5.97 Å². The Labute approximate surface area is 139 Å². The molecule has 1 saturated heterocycles. The van der Waals surface area contributed by atoms with Crippen molar-refractivity contribution >= 4 is 29.4 Å². The number of piperidine rings is 1. The summed E-state index contributed by atoms with van der Waals surface area (Å²) in [5, 5.41) is 0.589. The molecule has 7 heteroatoms. The summed E-state index contributed by atoms with van der Waals surface area (Å²) < 4.78 is 5.01.